The second kappa shape index (κ2) is 5.26. The summed E-state index contributed by atoms with van der Waals surface area (Å²) < 4.78 is 10.0. The van der Waals surface area contributed by atoms with Gasteiger partial charge in [0.1, 0.15) is 6.10 Å². The Morgan fingerprint density at radius 3 is 2.60 bits per heavy atom. The zero-order valence-corrected chi connectivity index (χ0v) is 9.49. The molecule has 0 bridgehead atoms. The molecule has 0 amide bonds. The van der Waals surface area contributed by atoms with Crippen LogP contribution in [0.15, 0.2) is 0 Å². The average Bonchev–Trinajstić information content (AvgIpc) is 2.63. The van der Waals surface area contributed by atoms with Gasteiger partial charge in [0.15, 0.2) is 5.78 Å². The molecule has 0 N–H and O–H groups in total. The number of ether oxygens (including phenoxy) is 2. The van der Waals surface area contributed by atoms with E-state index in [0.717, 1.165) is 12.8 Å². The van der Waals surface area contributed by atoms with Crippen LogP contribution in [-0.2, 0) is 19.1 Å². The summed E-state index contributed by atoms with van der Waals surface area (Å²) in [5, 5.41) is 0. The van der Waals surface area contributed by atoms with Gasteiger partial charge in [0.2, 0.25) is 0 Å². The van der Waals surface area contributed by atoms with E-state index in [1.807, 2.05) is 6.92 Å². The van der Waals surface area contributed by atoms with E-state index < -0.39 is 0 Å². The van der Waals surface area contributed by atoms with E-state index in [-0.39, 0.29) is 36.3 Å². The minimum Gasteiger partial charge on any atom is -0.469 e. The summed E-state index contributed by atoms with van der Waals surface area (Å²) >= 11 is 0. The summed E-state index contributed by atoms with van der Waals surface area (Å²) in [7, 11) is 1.33. The Bertz CT molecular complexity index is 249. The first-order chi connectivity index (χ1) is 7.04. The molecule has 0 saturated carbocycles. The average molecular weight is 214 g/mol. The molecule has 15 heavy (non-hydrogen) atoms. The molecule has 1 fully saturated rings. The van der Waals surface area contributed by atoms with Gasteiger partial charge in [0, 0.05) is 6.42 Å². The normalized spacial score (nSPS) is 27.4. The number of hydrogen-bond donors (Lipinski definition) is 0. The molecule has 3 atom stereocenters. The molecule has 86 valence electrons. The Balaban J connectivity index is 2.38. The van der Waals surface area contributed by atoms with Crippen LogP contribution in [0.1, 0.15) is 33.1 Å². The molecule has 4 heteroatoms. The largest absolute Gasteiger partial charge is 0.469 e. The van der Waals surface area contributed by atoms with Gasteiger partial charge in [0.25, 0.3) is 0 Å². The summed E-state index contributed by atoms with van der Waals surface area (Å²) in [5.41, 5.74) is 0. The van der Waals surface area contributed by atoms with Crippen molar-refractivity contribution in [2.75, 3.05) is 7.11 Å². The Morgan fingerprint density at radius 1 is 1.47 bits per heavy atom. The number of esters is 1. The maximum absolute atomic E-state index is 11.7. The van der Waals surface area contributed by atoms with Crippen molar-refractivity contribution in [2.45, 2.75) is 45.3 Å². The Kier molecular flexibility index (Phi) is 4.27. The van der Waals surface area contributed by atoms with E-state index in [0.29, 0.717) is 0 Å². The molecule has 0 aromatic rings. The van der Waals surface area contributed by atoms with Gasteiger partial charge in [-0.2, -0.15) is 0 Å². The quantitative estimate of drug-likeness (QED) is 0.662. The molecular weight excluding hydrogens is 196 g/mol. The third-order valence-electron chi connectivity index (χ3n) is 2.70. The number of ketones is 1. The minimum atomic E-state index is -0.373. The van der Waals surface area contributed by atoms with Crippen molar-refractivity contribution in [1.82, 2.24) is 0 Å². The van der Waals surface area contributed by atoms with E-state index in [1.165, 1.54) is 7.11 Å². The molecule has 0 aromatic heterocycles. The van der Waals surface area contributed by atoms with E-state index in [1.54, 1.807) is 6.92 Å². The standard InChI is InChI=1S/C11H18O4/c1-7(11(13)14-3)6-9(12)10-5-4-8(2)15-10/h7-8,10H,4-6H2,1-3H3. The number of carbonyl (C=O) groups is 2. The van der Waals surface area contributed by atoms with Crippen molar-refractivity contribution < 1.29 is 19.1 Å². The molecule has 0 spiro atoms. The van der Waals surface area contributed by atoms with Gasteiger partial charge in [-0.1, -0.05) is 6.92 Å². The summed E-state index contributed by atoms with van der Waals surface area (Å²) in [6, 6.07) is 0. The monoisotopic (exact) mass is 214 g/mol. The van der Waals surface area contributed by atoms with Crippen molar-refractivity contribution >= 4 is 11.8 Å². The molecular formula is C11H18O4. The molecule has 3 unspecified atom stereocenters. The minimum absolute atomic E-state index is 0.0113. The first kappa shape index (κ1) is 12.2. The lowest BCUT2D eigenvalue weighted by Crippen LogP contribution is -2.25. The molecule has 0 radical (unpaired) electrons. The van der Waals surface area contributed by atoms with Gasteiger partial charge in [-0.3, -0.25) is 9.59 Å². The lowest BCUT2D eigenvalue weighted by molar-refractivity contribution is -0.147. The van der Waals surface area contributed by atoms with Crippen molar-refractivity contribution in [1.29, 1.82) is 0 Å². The second-order valence-electron chi connectivity index (χ2n) is 4.11. The third-order valence-corrected chi connectivity index (χ3v) is 2.70. The van der Waals surface area contributed by atoms with Gasteiger partial charge in [-0.15, -0.1) is 0 Å². The highest BCUT2D eigenvalue weighted by Crippen LogP contribution is 2.22. The lowest BCUT2D eigenvalue weighted by atomic mass is 10.0. The lowest BCUT2D eigenvalue weighted by Gasteiger charge is -2.12. The number of hydrogen-bond acceptors (Lipinski definition) is 4. The van der Waals surface area contributed by atoms with Crippen LogP contribution in [0.3, 0.4) is 0 Å². The van der Waals surface area contributed by atoms with Gasteiger partial charge >= 0.3 is 5.97 Å². The van der Waals surface area contributed by atoms with E-state index >= 15 is 0 Å². The van der Waals surface area contributed by atoms with Crippen LogP contribution in [-0.4, -0.2) is 31.1 Å². The SMILES string of the molecule is COC(=O)C(C)CC(=O)C1CCC(C)O1. The fourth-order valence-corrected chi connectivity index (χ4v) is 1.76. The molecule has 0 aliphatic carbocycles. The molecule has 1 aliphatic heterocycles. The van der Waals surface area contributed by atoms with Crippen LogP contribution in [0.5, 0.6) is 0 Å². The maximum atomic E-state index is 11.7. The first-order valence-corrected chi connectivity index (χ1v) is 5.30. The van der Waals surface area contributed by atoms with Gasteiger partial charge in [-0.25, -0.2) is 0 Å². The Labute approximate surface area is 89.9 Å². The first-order valence-electron chi connectivity index (χ1n) is 5.30. The van der Waals surface area contributed by atoms with Crippen LogP contribution >= 0.6 is 0 Å². The van der Waals surface area contributed by atoms with Gasteiger partial charge in [-0.05, 0) is 19.8 Å². The highest BCUT2D eigenvalue weighted by Gasteiger charge is 2.30. The molecule has 1 heterocycles. The summed E-state index contributed by atoms with van der Waals surface area (Å²) in [6.45, 7) is 3.65. The number of methoxy groups -OCH3 is 1. The van der Waals surface area contributed by atoms with Crippen LogP contribution in [0, 0.1) is 5.92 Å². The van der Waals surface area contributed by atoms with E-state index in [2.05, 4.69) is 4.74 Å². The molecule has 1 rings (SSSR count). The van der Waals surface area contributed by atoms with Gasteiger partial charge < -0.3 is 9.47 Å². The van der Waals surface area contributed by atoms with Crippen molar-refractivity contribution in [3.8, 4) is 0 Å². The predicted molar refractivity (Wildman–Crippen MR) is 54.4 cm³/mol. The van der Waals surface area contributed by atoms with Crippen molar-refractivity contribution in [2.24, 2.45) is 5.92 Å². The number of carbonyl (C=O) groups excluding carboxylic acids is 2. The second-order valence-corrected chi connectivity index (χ2v) is 4.11. The zero-order chi connectivity index (χ0) is 11.4. The summed E-state index contributed by atoms with van der Waals surface area (Å²) in [4.78, 5) is 22.8. The van der Waals surface area contributed by atoms with Crippen LogP contribution in [0.4, 0.5) is 0 Å². The molecule has 1 saturated heterocycles. The Hall–Kier alpha value is -0.900. The topological polar surface area (TPSA) is 52.6 Å². The Morgan fingerprint density at radius 2 is 2.13 bits per heavy atom. The van der Waals surface area contributed by atoms with Crippen molar-refractivity contribution in [3.63, 3.8) is 0 Å². The molecule has 4 nitrogen and oxygen atoms in total. The number of rotatable bonds is 4. The van der Waals surface area contributed by atoms with Crippen LogP contribution in [0.2, 0.25) is 0 Å². The molecule has 1 aliphatic rings. The smallest absolute Gasteiger partial charge is 0.308 e. The molecule has 0 aromatic carbocycles. The highest BCUT2D eigenvalue weighted by molar-refractivity contribution is 5.87. The van der Waals surface area contributed by atoms with Gasteiger partial charge in [0.05, 0.1) is 19.1 Å². The highest BCUT2D eigenvalue weighted by atomic mass is 16.5. The zero-order valence-electron chi connectivity index (χ0n) is 9.49. The predicted octanol–water partition coefficient (Wildman–Crippen LogP) is 1.32. The maximum Gasteiger partial charge on any atom is 0.308 e. The summed E-state index contributed by atoms with van der Waals surface area (Å²) in [6.07, 6.45) is 1.75. The number of Topliss-reactive ketones (excluding diaryl/α,β-unsaturated/α-hetero) is 1. The van der Waals surface area contributed by atoms with E-state index in [4.69, 9.17) is 4.74 Å². The fourth-order valence-electron chi connectivity index (χ4n) is 1.76. The van der Waals surface area contributed by atoms with Crippen LogP contribution in [0.25, 0.3) is 0 Å². The van der Waals surface area contributed by atoms with Crippen LogP contribution < -0.4 is 0 Å². The fraction of sp³-hybridized carbons (Fsp3) is 0.818. The third kappa shape index (κ3) is 3.30. The van der Waals surface area contributed by atoms with Crippen molar-refractivity contribution in [3.05, 3.63) is 0 Å². The van der Waals surface area contributed by atoms with E-state index in [9.17, 15) is 9.59 Å². The summed E-state index contributed by atoms with van der Waals surface area (Å²) in [5.74, 6) is -0.700.